The smallest absolute Gasteiger partial charge is 0.305 e. The number of benzene rings is 1. The molecule has 0 aromatic heterocycles. The first-order chi connectivity index (χ1) is 9.21. The van der Waals surface area contributed by atoms with Crippen molar-refractivity contribution in [3.05, 3.63) is 28.2 Å². The fraction of sp³-hybridized carbons (Fsp3) is 0.467. The molecule has 108 valence electrons. The van der Waals surface area contributed by atoms with E-state index in [1.54, 1.807) is 18.2 Å². The number of anilines is 1. The summed E-state index contributed by atoms with van der Waals surface area (Å²) in [6, 6.07) is 7.13. The van der Waals surface area contributed by atoms with Crippen LogP contribution < -0.4 is 5.32 Å². The van der Waals surface area contributed by atoms with Gasteiger partial charge in [0, 0.05) is 16.2 Å². The average molecular weight is 339 g/mol. The predicted molar refractivity (Wildman–Crippen MR) is 82.6 cm³/mol. The molecule has 20 heavy (non-hydrogen) atoms. The molecule has 1 aromatic carbocycles. The molecule has 1 atom stereocenters. The number of nitrogens with one attached hydrogen (secondary N) is 1. The molecular formula is C15H19BrN2O2. The minimum absolute atomic E-state index is 0.0339. The van der Waals surface area contributed by atoms with E-state index >= 15 is 0 Å². The molecule has 0 spiro atoms. The number of carbonyl (C=O) groups is 1. The van der Waals surface area contributed by atoms with E-state index in [2.05, 4.69) is 48.1 Å². The molecule has 1 rings (SSSR count). The fourth-order valence-corrected chi connectivity index (χ4v) is 2.54. The molecule has 0 fully saturated rings. The second-order valence-corrected chi connectivity index (χ2v) is 6.86. The maximum atomic E-state index is 11.0. The van der Waals surface area contributed by atoms with Gasteiger partial charge in [0.25, 0.3) is 0 Å². The van der Waals surface area contributed by atoms with E-state index in [0.29, 0.717) is 5.56 Å². The van der Waals surface area contributed by atoms with Crippen LogP contribution >= 0.6 is 15.9 Å². The van der Waals surface area contributed by atoms with Gasteiger partial charge < -0.3 is 10.4 Å². The van der Waals surface area contributed by atoms with E-state index in [-0.39, 0.29) is 17.9 Å². The Morgan fingerprint density at radius 3 is 2.60 bits per heavy atom. The Bertz CT molecular complexity index is 530. The standard InChI is InChI=1S/C15H19BrN2O2/c1-15(2,3)8-11(7-14(19)20)18-13-5-4-10(9-17)6-12(13)16/h4-6,11,18H,7-8H2,1-3H3,(H,19,20). The van der Waals surface area contributed by atoms with Crippen molar-refractivity contribution < 1.29 is 9.90 Å². The monoisotopic (exact) mass is 338 g/mol. The minimum Gasteiger partial charge on any atom is -0.481 e. The number of hydrogen-bond acceptors (Lipinski definition) is 3. The summed E-state index contributed by atoms with van der Waals surface area (Å²) in [5, 5.41) is 21.1. The second kappa shape index (κ2) is 6.76. The van der Waals surface area contributed by atoms with E-state index < -0.39 is 5.97 Å². The van der Waals surface area contributed by atoms with Crippen LogP contribution in [0.5, 0.6) is 0 Å². The number of hydrogen-bond donors (Lipinski definition) is 2. The van der Waals surface area contributed by atoms with Crippen LogP contribution in [0.1, 0.15) is 39.2 Å². The minimum atomic E-state index is -0.823. The lowest BCUT2D eigenvalue weighted by atomic mass is 9.87. The van der Waals surface area contributed by atoms with Crippen LogP contribution in [-0.4, -0.2) is 17.1 Å². The van der Waals surface area contributed by atoms with Crippen LogP contribution in [0.2, 0.25) is 0 Å². The number of carboxylic acids is 1. The maximum absolute atomic E-state index is 11.0. The number of nitrogens with zero attached hydrogens (tertiary/aromatic N) is 1. The summed E-state index contributed by atoms with van der Waals surface area (Å²) in [5.74, 6) is -0.823. The third-order valence-electron chi connectivity index (χ3n) is 2.74. The molecule has 0 saturated carbocycles. The highest BCUT2D eigenvalue weighted by Gasteiger charge is 2.21. The normalized spacial score (nSPS) is 12.6. The first-order valence-electron chi connectivity index (χ1n) is 6.39. The Kier molecular flexibility index (Phi) is 5.58. The third-order valence-corrected chi connectivity index (χ3v) is 3.39. The molecule has 5 heteroatoms. The van der Waals surface area contributed by atoms with Crippen LogP contribution in [-0.2, 0) is 4.79 Å². The summed E-state index contributed by atoms with van der Waals surface area (Å²) in [6.45, 7) is 6.24. The second-order valence-electron chi connectivity index (χ2n) is 6.01. The number of carboxylic acid groups (broad SMARTS) is 1. The maximum Gasteiger partial charge on any atom is 0.305 e. The van der Waals surface area contributed by atoms with Crippen LogP contribution in [0.3, 0.4) is 0 Å². The van der Waals surface area contributed by atoms with Gasteiger partial charge >= 0.3 is 5.97 Å². The molecule has 4 nitrogen and oxygen atoms in total. The van der Waals surface area contributed by atoms with Crippen LogP contribution in [0.15, 0.2) is 22.7 Å². The molecule has 0 bridgehead atoms. The van der Waals surface area contributed by atoms with Gasteiger partial charge in [-0.3, -0.25) is 4.79 Å². The highest BCUT2D eigenvalue weighted by atomic mass is 79.9. The summed E-state index contributed by atoms with van der Waals surface area (Å²) in [7, 11) is 0. The lowest BCUT2D eigenvalue weighted by molar-refractivity contribution is -0.137. The van der Waals surface area contributed by atoms with Crippen molar-refractivity contribution in [3.63, 3.8) is 0 Å². The molecule has 0 saturated heterocycles. The molecule has 0 heterocycles. The van der Waals surface area contributed by atoms with E-state index in [4.69, 9.17) is 10.4 Å². The van der Waals surface area contributed by atoms with Crippen molar-refractivity contribution in [3.8, 4) is 6.07 Å². The Morgan fingerprint density at radius 2 is 2.15 bits per heavy atom. The Hall–Kier alpha value is -1.54. The highest BCUT2D eigenvalue weighted by Crippen LogP contribution is 2.28. The molecule has 1 aromatic rings. The molecule has 0 radical (unpaired) electrons. The SMILES string of the molecule is CC(C)(C)CC(CC(=O)O)Nc1ccc(C#N)cc1Br. The Balaban J connectivity index is 2.89. The first-order valence-corrected chi connectivity index (χ1v) is 7.18. The van der Waals surface area contributed by atoms with Gasteiger partial charge in [0.15, 0.2) is 0 Å². The first kappa shape index (κ1) is 16.5. The largest absolute Gasteiger partial charge is 0.481 e. The summed E-state index contributed by atoms with van der Waals surface area (Å²) in [5.41, 5.74) is 1.40. The zero-order valence-corrected chi connectivity index (χ0v) is 13.5. The van der Waals surface area contributed by atoms with E-state index in [1.165, 1.54) is 0 Å². The van der Waals surface area contributed by atoms with Crippen molar-refractivity contribution in [2.24, 2.45) is 5.41 Å². The van der Waals surface area contributed by atoms with Gasteiger partial charge in [0.05, 0.1) is 18.1 Å². The number of aliphatic carboxylic acids is 1. The average Bonchev–Trinajstić information content (AvgIpc) is 2.28. The van der Waals surface area contributed by atoms with Crippen molar-refractivity contribution in [2.75, 3.05) is 5.32 Å². The zero-order chi connectivity index (χ0) is 15.3. The van der Waals surface area contributed by atoms with Crippen LogP contribution in [0.4, 0.5) is 5.69 Å². The number of nitriles is 1. The zero-order valence-electron chi connectivity index (χ0n) is 11.9. The Morgan fingerprint density at radius 1 is 1.50 bits per heavy atom. The van der Waals surface area contributed by atoms with E-state index in [0.717, 1.165) is 16.6 Å². The summed E-state index contributed by atoms with van der Waals surface area (Å²) in [6.07, 6.45) is 0.801. The van der Waals surface area contributed by atoms with Crippen molar-refractivity contribution >= 4 is 27.6 Å². The van der Waals surface area contributed by atoms with Gasteiger partial charge in [-0.25, -0.2) is 0 Å². The molecule has 0 amide bonds. The topological polar surface area (TPSA) is 73.1 Å². The quantitative estimate of drug-likeness (QED) is 0.850. The molecule has 0 aliphatic rings. The summed E-state index contributed by atoms with van der Waals surface area (Å²) >= 11 is 3.40. The van der Waals surface area contributed by atoms with Gasteiger partial charge in [0.1, 0.15) is 0 Å². The summed E-state index contributed by atoms with van der Waals surface area (Å²) in [4.78, 5) is 11.0. The molecular weight excluding hydrogens is 320 g/mol. The predicted octanol–water partition coefficient (Wildman–Crippen LogP) is 4.01. The van der Waals surface area contributed by atoms with Crippen molar-refractivity contribution in [2.45, 2.75) is 39.7 Å². The van der Waals surface area contributed by atoms with Gasteiger partial charge in [-0.2, -0.15) is 5.26 Å². The number of halogens is 1. The third kappa shape index (κ3) is 5.62. The van der Waals surface area contributed by atoms with Gasteiger partial charge in [-0.1, -0.05) is 20.8 Å². The lowest BCUT2D eigenvalue weighted by Crippen LogP contribution is -2.28. The Labute approximate surface area is 127 Å². The van der Waals surface area contributed by atoms with Crippen molar-refractivity contribution in [1.82, 2.24) is 0 Å². The lowest BCUT2D eigenvalue weighted by Gasteiger charge is -2.27. The van der Waals surface area contributed by atoms with E-state index in [1.807, 2.05) is 0 Å². The molecule has 0 aliphatic heterocycles. The number of rotatable bonds is 5. The van der Waals surface area contributed by atoms with Crippen LogP contribution in [0, 0.1) is 16.7 Å². The van der Waals surface area contributed by atoms with Gasteiger partial charge in [-0.15, -0.1) is 0 Å². The molecule has 2 N–H and O–H groups in total. The van der Waals surface area contributed by atoms with Crippen molar-refractivity contribution in [1.29, 1.82) is 5.26 Å². The molecule has 0 aliphatic carbocycles. The van der Waals surface area contributed by atoms with E-state index in [9.17, 15) is 4.79 Å². The van der Waals surface area contributed by atoms with Gasteiger partial charge in [0.2, 0.25) is 0 Å². The fourth-order valence-electron chi connectivity index (χ4n) is 2.05. The van der Waals surface area contributed by atoms with Gasteiger partial charge in [-0.05, 0) is 46.0 Å². The van der Waals surface area contributed by atoms with Crippen LogP contribution in [0.25, 0.3) is 0 Å². The highest BCUT2D eigenvalue weighted by molar-refractivity contribution is 9.10. The summed E-state index contributed by atoms with van der Waals surface area (Å²) < 4.78 is 0.765. The molecule has 1 unspecified atom stereocenters.